The fourth-order valence-corrected chi connectivity index (χ4v) is 3.32. The minimum Gasteiger partial charge on any atom is -0.368 e. The van der Waals surface area contributed by atoms with Crippen molar-refractivity contribution >= 4 is 5.95 Å². The third-order valence-corrected chi connectivity index (χ3v) is 4.40. The first-order chi connectivity index (χ1) is 9.63. The minimum absolute atomic E-state index is 0.342. The second-order valence-corrected chi connectivity index (χ2v) is 6.28. The number of nitrogens with zero attached hydrogens (tertiary/aromatic N) is 3. The predicted molar refractivity (Wildman–Crippen MR) is 77.2 cm³/mol. The van der Waals surface area contributed by atoms with Crippen LogP contribution in [0.3, 0.4) is 0 Å². The molecule has 2 saturated carbocycles. The Kier molecular flexibility index (Phi) is 3.63. The molecule has 0 aliphatic heterocycles. The van der Waals surface area contributed by atoms with E-state index in [-0.39, 0.29) is 5.60 Å². The van der Waals surface area contributed by atoms with Crippen molar-refractivity contribution < 1.29 is 4.74 Å². The number of nitrogens with two attached hydrogens (primary N) is 1. The quantitative estimate of drug-likeness (QED) is 0.915. The molecule has 0 amide bonds. The van der Waals surface area contributed by atoms with Crippen LogP contribution in [0.25, 0.3) is 0 Å². The summed E-state index contributed by atoms with van der Waals surface area (Å²) in [6.45, 7) is 4.99. The van der Waals surface area contributed by atoms with Gasteiger partial charge in [0.25, 0.3) is 0 Å². The Balaban J connectivity index is 1.97. The van der Waals surface area contributed by atoms with Gasteiger partial charge in [-0.25, -0.2) is 4.98 Å². The molecule has 0 radical (unpaired) electrons. The van der Waals surface area contributed by atoms with Crippen LogP contribution in [0.5, 0.6) is 0 Å². The van der Waals surface area contributed by atoms with Crippen molar-refractivity contribution in [2.45, 2.75) is 63.9 Å². The van der Waals surface area contributed by atoms with Gasteiger partial charge in [-0.05, 0) is 44.9 Å². The highest BCUT2D eigenvalue weighted by atomic mass is 16.5. The highest BCUT2D eigenvalue weighted by Gasteiger charge is 2.41. The lowest BCUT2D eigenvalue weighted by atomic mass is 9.78. The van der Waals surface area contributed by atoms with E-state index in [2.05, 4.69) is 16.9 Å². The molecular weight excluding hydrogens is 252 g/mol. The van der Waals surface area contributed by atoms with E-state index < -0.39 is 0 Å². The number of anilines is 1. The van der Waals surface area contributed by atoms with Gasteiger partial charge in [-0.2, -0.15) is 9.97 Å². The lowest BCUT2D eigenvalue weighted by Gasteiger charge is -2.38. The molecule has 0 aromatic carbocycles. The molecule has 5 nitrogen and oxygen atoms in total. The molecule has 2 N–H and O–H groups in total. The molecule has 5 heteroatoms. The van der Waals surface area contributed by atoms with Crippen LogP contribution in [-0.2, 0) is 10.3 Å². The summed E-state index contributed by atoms with van der Waals surface area (Å²) in [4.78, 5) is 13.4. The molecule has 2 fully saturated rings. The second-order valence-electron chi connectivity index (χ2n) is 6.28. The van der Waals surface area contributed by atoms with Gasteiger partial charge < -0.3 is 10.5 Å². The summed E-state index contributed by atoms with van der Waals surface area (Å²) >= 11 is 0. The number of ether oxygens (including phenoxy) is 1. The van der Waals surface area contributed by atoms with Gasteiger partial charge in [-0.1, -0.05) is 13.3 Å². The highest BCUT2D eigenvalue weighted by molar-refractivity contribution is 5.22. The SMILES string of the molecule is CCOC1(c2nc(N)nc(C3CC3)n2)CCCC(C)C1. The summed E-state index contributed by atoms with van der Waals surface area (Å²) < 4.78 is 6.13. The molecule has 110 valence electrons. The lowest BCUT2D eigenvalue weighted by molar-refractivity contribution is -0.0882. The Labute approximate surface area is 120 Å². The molecule has 2 aliphatic rings. The molecule has 2 aliphatic carbocycles. The summed E-state index contributed by atoms with van der Waals surface area (Å²) in [6.07, 6.45) is 6.71. The first-order valence-corrected chi connectivity index (χ1v) is 7.79. The van der Waals surface area contributed by atoms with E-state index in [1.165, 1.54) is 19.3 Å². The zero-order chi connectivity index (χ0) is 14.2. The van der Waals surface area contributed by atoms with Crippen LogP contribution in [0.2, 0.25) is 0 Å². The zero-order valence-electron chi connectivity index (χ0n) is 12.4. The first kappa shape index (κ1) is 13.7. The van der Waals surface area contributed by atoms with Crippen LogP contribution in [-0.4, -0.2) is 21.6 Å². The van der Waals surface area contributed by atoms with Crippen LogP contribution in [0.1, 0.15) is 69.9 Å². The van der Waals surface area contributed by atoms with Gasteiger partial charge >= 0.3 is 0 Å². The number of rotatable bonds is 4. The smallest absolute Gasteiger partial charge is 0.223 e. The van der Waals surface area contributed by atoms with E-state index in [4.69, 9.17) is 15.5 Å². The fourth-order valence-electron chi connectivity index (χ4n) is 3.32. The Morgan fingerprint density at radius 3 is 2.70 bits per heavy atom. The largest absolute Gasteiger partial charge is 0.368 e. The molecule has 1 heterocycles. The molecule has 0 spiro atoms. The number of nitrogen functional groups attached to an aromatic ring is 1. The highest BCUT2D eigenvalue weighted by Crippen LogP contribution is 2.43. The molecule has 1 aromatic rings. The van der Waals surface area contributed by atoms with Crippen molar-refractivity contribution in [3.8, 4) is 0 Å². The Hall–Kier alpha value is -1.23. The monoisotopic (exact) mass is 276 g/mol. The Morgan fingerprint density at radius 1 is 1.25 bits per heavy atom. The third kappa shape index (κ3) is 2.64. The van der Waals surface area contributed by atoms with Gasteiger partial charge in [-0.3, -0.25) is 0 Å². The average Bonchev–Trinajstić information content (AvgIpc) is 3.22. The van der Waals surface area contributed by atoms with Crippen LogP contribution in [0, 0.1) is 5.92 Å². The van der Waals surface area contributed by atoms with E-state index in [1.807, 2.05) is 6.92 Å². The molecular formula is C15H24N4O. The molecule has 0 bridgehead atoms. The Bertz CT molecular complexity index is 485. The summed E-state index contributed by atoms with van der Waals surface area (Å²) in [6, 6.07) is 0. The van der Waals surface area contributed by atoms with E-state index >= 15 is 0 Å². The van der Waals surface area contributed by atoms with Gasteiger partial charge in [0, 0.05) is 12.5 Å². The van der Waals surface area contributed by atoms with Crippen LogP contribution < -0.4 is 5.73 Å². The summed E-state index contributed by atoms with van der Waals surface area (Å²) in [5.74, 6) is 3.09. The van der Waals surface area contributed by atoms with E-state index in [0.29, 0.717) is 24.4 Å². The number of aromatic nitrogens is 3. The van der Waals surface area contributed by atoms with Crippen molar-refractivity contribution in [3.63, 3.8) is 0 Å². The molecule has 2 atom stereocenters. The maximum absolute atomic E-state index is 6.13. The number of hydrogen-bond donors (Lipinski definition) is 1. The van der Waals surface area contributed by atoms with E-state index in [9.17, 15) is 0 Å². The van der Waals surface area contributed by atoms with Crippen molar-refractivity contribution in [2.24, 2.45) is 5.92 Å². The summed E-state index contributed by atoms with van der Waals surface area (Å²) in [5, 5.41) is 0. The van der Waals surface area contributed by atoms with Crippen LogP contribution >= 0.6 is 0 Å². The maximum Gasteiger partial charge on any atom is 0.223 e. The van der Waals surface area contributed by atoms with Crippen LogP contribution in [0.4, 0.5) is 5.95 Å². The molecule has 20 heavy (non-hydrogen) atoms. The van der Waals surface area contributed by atoms with Gasteiger partial charge in [0.15, 0.2) is 5.82 Å². The summed E-state index contributed by atoms with van der Waals surface area (Å²) in [5.41, 5.74) is 5.55. The normalized spacial score (nSPS) is 30.4. The molecule has 2 unspecified atom stereocenters. The lowest BCUT2D eigenvalue weighted by Crippen LogP contribution is -2.37. The fraction of sp³-hybridized carbons (Fsp3) is 0.800. The first-order valence-electron chi connectivity index (χ1n) is 7.79. The third-order valence-electron chi connectivity index (χ3n) is 4.40. The standard InChI is InChI=1S/C15H24N4O/c1-3-20-15(8-4-5-10(2)9-15)13-17-12(11-6-7-11)18-14(16)19-13/h10-11H,3-9H2,1-2H3,(H2,16,17,18,19). The topological polar surface area (TPSA) is 73.9 Å². The Morgan fingerprint density at radius 2 is 2.05 bits per heavy atom. The van der Waals surface area contributed by atoms with Gasteiger partial charge in [0.05, 0.1) is 0 Å². The minimum atomic E-state index is -0.354. The number of hydrogen-bond acceptors (Lipinski definition) is 5. The van der Waals surface area contributed by atoms with Gasteiger partial charge in [-0.15, -0.1) is 0 Å². The summed E-state index contributed by atoms with van der Waals surface area (Å²) in [7, 11) is 0. The zero-order valence-corrected chi connectivity index (χ0v) is 12.4. The maximum atomic E-state index is 6.13. The predicted octanol–water partition coefficient (Wildman–Crippen LogP) is 2.77. The van der Waals surface area contributed by atoms with Crippen molar-refractivity contribution in [2.75, 3.05) is 12.3 Å². The van der Waals surface area contributed by atoms with Gasteiger partial charge in [0.1, 0.15) is 11.4 Å². The molecule has 3 rings (SSSR count). The van der Waals surface area contributed by atoms with Crippen LogP contribution in [0.15, 0.2) is 0 Å². The van der Waals surface area contributed by atoms with Crippen molar-refractivity contribution in [1.29, 1.82) is 0 Å². The molecule has 1 aromatic heterocycles. The average molecular weight is 276 g/mol. The second kappa shape index (κ2) is 5.28. The van der Waals surface area contributed by atoms with E-state index in [1.54, 1.807) is 0 Å². The van der Waals surface area contributed by atoms with Crippen molar-refractivity contribution in [3.05, 3.63) is 11.6 Å². The van der Waals surface area contributed by atoms with E-state index in [0.717, 1.165) is 30.9 Å². The van der Waals surface area contributed by atoms with Gasteiger partial charge in [0.2, 0.25) is 5.95 Å². The van der Waals surface area contributed by atoms with Crippen molar-refractivity contribution in [1.82, 2.24) is 15.0 Å². The molecule has 0 saturated heterocycles.